The molecule has 0 aromatic carbocycles. The van der Waals surface area contributed by atoms with Crippen molar-refractivity contribution in [1.29, 1.82) is 0 Å². The molecule has 19 heavy (non-hydrogen) atoms. The second-order valence-electron chi connectivity index (χ2n) is 5.62. The fraction of sp³-hybridized carbons (Fsp3) is 0.714. The molecule has 1 atom stereocenters. The van der Waals surface area contributed by atoms with Crippen molar-refractivity contribution in [3.63, 3.8) is 0 Å². The number of carbonyl (C=O) groups excluding carboxylic acids is 1. The number of nitrogens with zero attached hydrogens (tertiary/aromatic N) is 2. The maximum Gasteiger partial charge on any atom is 0.227 e. The Bertz CT molecular complexity index is 394. The molecule has 5 nitrogen and oxygen atoms in total. The van der Waals surface area contributed by atoms with Crippen molar-refractivity contribution in [2.75, 3.05) is 19.6 Å². The summed E-state index contributed by atoms with van der Waals surface area (Å²) in [5.74, 6) is 0.571. The molecule has 1 aromatic rings. The first-order chi connectivity index (χ1) is 9.15. The van der Waals surface area contributed by atoms with E-state index in [1.807, 2.05) is 16.9 Å². The molecule has 1 unspecified atom stereocenters. The van der Waals surface area contributed by atoms with E-state index in [0.29, 0.717) is 12.5 Å². The van der Waals surface area contributed by atoms with Gasteiger partial charge in [0.1, 0.15) is 0 Å². The summed E-state index contributed by atoms with van der Waals surface area (Å²) in [6.45, 7) is 7.58. The molecule has 2 N–H and O–H groups in total. The summed E-state index contributed by atoms with van der Waals surface area (Å²) in [6, 6.07) is 1.91. The Morgan fingerprint density at radius 1 is 1.58 bits per heavy atom. The van der Waals surface area contributed by atoms with Crippen LogP contribution in [0.5, 0.6) is 0 Å². The highest BCUT2D eigenvalue weighted by Crippen LogP contribution is 2.34. The van der Waals surface area contributed by atoms with Gasteiger partial charge in [-0.25, -0.2) is 0 Å². The van der Waals surface area contributed by atoms with Gasteiger partial charge in [-0.3, -0.25) is 9.48 Å². The topological polar surface area (TPSA) is 59.0 Å². The zero-order valence-electron chi connectivity index (χ0n) is 11.9. The Hall–Kier alpha value is -1.36. The molecule has 0 radical (unpaired) electrons. The van der Waals surface area contributed by atoms with E-state index in [-0.39, 0.29) is 11.3 Å². The van der Waals surface area contributed by atoms with Crippen molar-refractivity contribution < 1.29 is 4.79 Å². The molecular weight excluding hydrogens is 240 g/mol. The van der Waals surface area contributed by atoms with Gasteiger partial charge in [0.05, 0.1) is 5.41 Å². The predicted octanol–water partition coefficient (Wildman–Crippen LogP) is 1.03. The molecule has 2 heterocycles. The summed E-state index contributed by atoms with van der Waals surface area (Å²) in [5.41, 5.74) is -0.217. The number of aromatic nitrogens is 2. The highest BCUT2D eigenvalue weighted by molar-refractivity contribution is 5.83. The molecule has 1 aliphatic rings. The number of hydrogen-bond acceptors (Lipinski definition) is 3. The third kappa shape index (κ3) is 3.15. The van der Waals surface area contributed by atoms with Crippen molar-refractivity contribution >= 4 is 5.91 Å². The van der Waals surface area contributed by atoms with E-state index in [2.05, 4.69) is 29.6 Å². The lowest BCUT2D eigenvalue weighted by atomic mass is 9.75. The SMILES string of the molecule is CC(C)C1(C(=O)NCCCn2cccn2)CCNC1. The first kappa shape index (κ1) is 14.1. The first-order valence-electron chi connectivity index (χ1n) is 7.11. The van der Waals surface area contributed by atoms with E-state index < -0.39 is 0 Å². The molecule has 106 valence electrons. The highest BCUT2D eigenvalue weighted by Gasteiger charge is 2.43. The molecule has 5 heteroatoms. The van der Waals surface area contributed by atoms with Gasteiger partial charge < -0.3 is 10.6 Å². The normalized spacial score (nSPS) is 22.9. The van der Waals surface area contributed by atoms with Crippen molar-refractivity contribution in [3.05, 3.63) is 18.5 Å². The Labute approximate surface area is 114 Å². The van der Waals surface area contributed by atoms with Gasteiger partial charge in [0, 0.05) is 32.0 Å². The molecule has 0 saturated carbocycles. The summed E-state index contributed by atoms with van der Waals surface area (Å²) in [6.07, 6.45) is 5.57. The Morgan fingerprint density at radius 2 is 2.42 bits per heavy atom. The zero-order valence-corrected chi connectivity index (χ0v) is 11.9. The molecule has 0 aliphatic carbocycles. The Morgan fingerprint density at radius 3 is 3.00 bits per heavy atom. The lowest BCUT2D eigenvalue weighted by Crippen LogP contribution is -2.46. The second kappa shape index (κ2) is 6.19. The van der Waals surface area contributed by atoms with Crippen molar-refractivity contribution in [1.82, 2.24) is 20.4 Å². The maximum absolute atomic E-state index is 12.4. The average molecular weight is 264 g/mol. The fourth-order valence-electron chi connectivity index (χ4n) is 2.71. The summed E-state index contributed by atoms with van der Waals surface area (Å²) in [7, 11) is 0. The van der Waals surface area contributed by atoms with Crippen LogP contribution in [0.3, 0.4) is 0 Å². The predicted molar refractivity (Wildman–Crippen MR) is 74.6 cm³/mol. The van der Waals surface area contributed by atoms with Gasteiger partial charge in [0.25, 0.3) is 0 Å². The molecule has 1 aromatic heterocycles. The van der Waals surface area contributed by atoms with Gasteiger partial charge in [-0.15, -0.1) is 0 Å². The third-order valence-electron chi connectivity index (χ3n) is 4.15. The van der Waals surface area contributed by atoms with Crippen LogP contribution in [-0.2, 0) is 11.3 Å². The number of rotatable bonds is 6. The number of carbonyl (C=O) groups is 1. The average Bonchev–Trinajstić information content (AvgIpc) is 3.05. The van der Waals surface area contributed by atoms with Crippen LogP contribution in [0.4, 0.5) is 0 Å². The molecular formula is C14H24N4O. The third-order valence-corrected chi connectivity index (χ3v) is 4.15. The zero-order chi connectivity index (χ0) is 13.7. The van der Waals surface area contributed by atoms with Crippen molar-refractivity contribution in [3.8, 4) is 0 Å². The largest absolute Gasteiger partial charge is 0.356 e. The fourth-order valence-corrected chi connectivity index (χ4v) is 2.71. The van der Waals surface area contributed by atoms with Crippen molar-refractivity contribution in [2.24, 2.45) is 11.3 Å². The molecule has 2 rings (SSSR count). The van der Waals surface area contributed by atoms with Crippen LogP contribution >= 0.6 is 0 Å². The van der Waals surface area contributed by atoms with E-state index in [4.69, 9.17) is 0 Å². The van der Waals surface area contributed by atoms with E-state index in [1.165, 1.54) is 0 Å². The molecule has 0 spiro atoms. The second-order valence-corrected chi connectivity index (χ2v) is 5.62. The monoisotopic (exact) mass is 264 g/mol. The smallest absolute Gasteiger partial charge is 0.227 e. The van der Waals surface area contributed by atoms with Gasteiger partial charge in [0.2, 0.25) is 5.91 Å². The van der Waals surface area contributed by atoms with E-state index in [1.54, 1.807) is 6.20 Å². The number of nitrogens with one attached hydrogen (secondary N) is 2. The quantitative estimate of drug-likeness (QED) is 0.754. The van der Waals surface area contributed by atoms with Gasteiger partial charge in [-0.05, 0) is 31.4 Å². The van der Waals surface area contributed by atoms with Crippen LogP contribution in [-0.4, -0.2) is 35.3 Å². The van der Waals surface area contributed by atoms with Crippen molar-refractivity contribution in [2.45, 2.75) is 33.2 Å². The lowest BCUT2D eigenvalue weighted by Gasteiger charge is -2.31. The van der Waals surface area contributed by atoms with Gasteiger partial charge >= 0.3 is 0 Å². The summed E-state index contributed by atoms with van der Waals surface area (Å²) in [4.78, 5) is 12.4. The summed E-state index contributed by atoms with van der Waals surface area (Å²) in [5, 5.41) is 10.5. The van der Waals surface area contributed by atoms with E-state index >= 15 is 0 Å². The minimum absolute atomic E-state index is 0.202. The van der Waals surface area contributed by atoms with Gasteiger partial charge in [-0.1, -0.05) is 13.8 Å². The molecule has 1 fully saturated rings. The number of amides is 1. The molecule has 1 saturated heterocycles. The van der Waals surface area contributed by atoms with Gasteiger partial charge in [0.15, 0.2) is 0 Å². The summed E-state index contributed by atoms with van der Waals surface area (Å²) >= 11 is 0. The van der Waals surface area contributed by atoms with Crippen LogP contribution in [0.1, 0.15) is 26.7 Å². The standard InChI is InChI=1S/C14H24N4O/c1-12(2)14(5-8-15-11-14)13(19)16-6-3-9-18-10-4-7-17-18/h4,7,10,12,15H,3,5-6,8-9,11H2,1-2H3,(H,16,19). The minimum atomic E-state index is -0.217. The van der Waals surface area contributed by atoms with Crippen LogP contribution in [0.2, 0.25) is 0 Å². The van der Waals surface area contributed by atoms with E-state index in [9.17, 15) is 4.79 Å². The summed E-state index contributed by atoms with van der Waals surface area (Å²) < 4.78 is 1.89. The maximum atomic E-state index is 12.4. The number of hydrogen-bond donors (Lipinski definition) is 2. The minimum Gasteiger partial charge on any atom is -0.356 e. The number of aryl methyl sites for hydroxylation is 1. The van der Waals surface area contributed by atoms with Crippen LogP contribution in [0.15, 0.2) is 18.5 Å². The Balaban J connectivity index is 1.77. The van der Waals surface area contributed by atoms with Crippen LogP contribution < -0.4 is 10.6 Å². The van der Waals surface area contributed by atoms with Crippen LogP contribution in [0, 0.1) is 11.3 Å². The lowest BCUT2D eigenvalue weighted by molar-refractivity contribution is -0.132. The van der Waals surface area contributed by atoms with E-state index in [0.717, 1.165) is 32.5 Å². The van der Waals surface area contributed by atoms with Gasteiger partial charge in [-0.2, -0.15) is 5.10 Å². The molecule has 0 bridgehead atoms. The molecule has 1 amide bonds. The Kier molecular flexibility index (Phi) is 4.58. The first-order valence-corrected chi connectivity index (χ1v) is 7.11. The highest BCUT2D eigenvalue weighted by atomic mass is 16.2. The molecule has 1 aliphatic heterocycles. The van der Waals surface area contributed by atoms with Crippen LogP contribution in [0.25, 0.3) is 0 Å².